The van der Waals surface area contributed by atoms with E-state index in [-0.39, 0.29) is 0 Å². The average molecular weight is 346 g/mol. The van der Waals surface area contributed by atoms with E-state index in [0.717, 1.165) is 28.2 Å². The first-order valence-corrected chi connectivity index (χ1v) is 9.37. The third kappa shape index (κ3) is 2.40. The van der Waals surface area contributed by atoms with Crippen LogP contribution in [0.4, 0.5) is 0 Å². The van der Waals surface area contributed by atoms with Crippen LogP contribution in [0, 0.1) is 13.8 Å². The summed E-state index contributed by atoms with van der Waals surface area (Å²) >= 11 is 0. The highest BCUT2D eigenvalue weighted by Gasteiger charge is 2.21. The Labute approximate surface area is 151 Å². The summed E-state index contributed by atoms with van der Waals surface area (Å²) in [5.74, 6) is 1.44. The quantitative estimate of drug-likeness (QED) is 0.547. The Balaban J connectivity index is 1.66. The van der Waals surface area contributed by atoms with Gasteiger partial charge in [0.2, 0.25) is 0 Å². The number of benzene rings is 1. The van der Waals surface area contributed by atoms with E-state index in [2.05, 4.69) is 42.1 Å². The minimum Gasteiger partial charge on any atom is -0.216 e. The topological polar surface area (TPSA) is 60.9 Å². The van der Waals surface area contributed by atoms with Gasteiger partial charge in [-0.25, -0.2) is 19.2 Å². The molecule has 1 saturated carbocycles. The van der Waals surface area contributed by atoms with Crippen molar-refractivity contribution in [2.24, 2.45) is 0 Å². The van der Waals surface area contributed by atoms with E-state index in [9.17, 15) is 0 Å². The molecule has 1 aliphatic carbocycles. The number of rotatable bonds is 2. The summed E-state index contributed by atoms with van der Waals surface area (Å²) in [6.07, 6.45) is 9.89. The molecule has 3 heterocycles. The SMILES string of the molecule is Cc1ccc(C)c(-n2ncc3c2ncn2nc(C4CCCCC4)nc32)c1. The minimum atomic E-state index is 0.479. The van der Waals surface area contributed by atoms with Gasteiger partial charge in [0, 0.05) is 5.92 Å². The van der Waals surface area contributed by atoms with Crippen LogP contribution in [-0.2, 0) is 0 Å². The predicted octanol–water partition coefficient (Wildman–Crippen LogP) is 4.13. The van der Waals surface area contributed by atoms with Crippen molar-refractivity contribution >= 4 is 16.7 Å². The van der Waals surface area contributed by atoms with Crippen LogP contribution >= 0.6 is 0 Å². The molecule has 0 bridgehead atoms. The average Bonchev–Trinajstić information content (AvgIpc) is 3.28. The van der Waals surface area contributed by atoms with Crippen LogP contribution in [0.3, 0.4) is 0 Å². The number of hydrogen-bond donors (Lipinski definition) is 0. The Morgan fingerprint density at radius 1 is 1.04 bits per heavy atom. The Bertz CT molecular complexity index is 1100. The zero-order valence-electron chi connectivity index (χ0n) is 15.2. The fraction of sp³-hybridized carbons (Fsp3) is 0.400. The fourth-order valence-corrected chi connectivity index (χ4v) is 3.99. The smallest absolute Gasteiger partial charge is 0.170 e. The summed E-state index contributed by atoms with van der Waals surface area (Å²) in [6.45, 7) is 4.19. The van der Waals surface area contributed by atoms with Crippen molar-refractivity contribution in [3.05, 3.63) is 47.7 Å². The van der Waals surface area contributed by atoms with Crippen LogP contribution in [-0.4, -0.2) is 29.4 Å². The standard InChI is InChI=1S/C20H22N6/c1-13-8-9-14(2)17(10-13)26-19-16(11-22-26)20-23-18(24-25(20)12-21-19)15-6-4-3-5-7-15/h8-12,15H,3-7H2,1-2H3. The van der Waals surface area contributed by atoms with Crippen molar-refractivity contribution in [2.45, 2.75) is 51.9 Å². The van der Waals surface area contributed by atoms with E-state index in [1.807, 2.05) is 10.9 Å². The molecule has 3 aromatic heterocycles. The molecule has 4 aromatic rings. The monoisotopic (exact) mass is 346 g/mol. The van der Waals surface area contributed by atoms with Crippen LogP contribution in [0.15, 0.2) is 30.7 Å². The van der Waals surface area contributed by atoms with Crippen LogP contribution in [0.2, 0.25) is 0 Å². The van der Waals surface area contributed by atoms with Crippen LogP contribution in [0.25, 0.3) is 22.4 Å². The lowest BCUT2D eigenvalue weighted by atomic mass is 9.89. The maximum absolute atomic E-state index is 4.87. The first kappa shape index (κ1) is 15.5. The van der Waals surface area contributed by atoms with Gasteiger partial charge in [0.1, 0.15) is 6.33 Å². The van der Waals surface area contributed by atoms with Gasteiger partial charge >= 0.3 is 0 Å². The van der Waals surface area contributed by atoms with Crippen molar-refractivity contribution in [3.63, 3.8) is 0 Å². The van der Waals surface area contributed by atoms with Gasteiger partial charge in [-0.2, -0.15) is 5.10 Å². The zero-order chi connectivity index (χ0) is 17.7. The maximum atomic E-state index is 4.87. The fourth-order valence-electron chi connectivity index (χ4n) is 3.99. The third-order valence-corrected chi connectivity index (χ3v) is 5.48. The molecule has 0 radical (unpaired) electrons. The first-order valence-electron chi connectivity index (χ1n) is 9.37. The van der Waals surface area contributed by atoms with Gasteiger partial charge < -0.3 is 0 Å². The van der Waals surface area contributed by atoms with Crippen LogP contribution < -0.4 is 0 Å². The molecule has 1 aromatic carbocycles. The molecule has 6 heteroatoms. The van der Waals surface area contributed by atoms with Gasteiger partial charge in [0.15, 0.2) is 17.1 Å². The molecular formula is C20H22N6. The van der Waals surface area contributed by atoms with Gasteiger partial charge in [-0.3, -0.25) is 0 Å². The van der Waals surface area contributed by atoms with Gasteiger partial charge in [0.25, 0.3) is 0 Å². The lowest BCUT2D eigenvalue weighted by molar-refractivity contribution is 0.429. The summed E-state index contributed by atoms with van der Waals surface area (Å²) < 4.78 is 3.72. The van der Waals surface area contributed by atoms with E-state index < -0.39 is 0 Å². The minimum absolute atomic E-state index is 0.479. The molecule has 0 atom stereocenters. The zero-order valence-corrected chi connectivity index (χ0v) is 15.2. The molecule has 0 spiro atoms. The summed E-state index contributed by atoms with van der Waals surface area (Å²) in [5, 5.41) is 10.3. The van der Waals surface area contributed by atoms with E-state index in [1.165, 1.54) is 43.2 Å². The number of aryl methyl sites for hydroxylation is 2. The Morgan fingerprint density at radius 3 is 2.73 bits per heavy atom. The molecular weight excluding hydrogens is 324 g/mol. The summed E-state index contributed by atoms with van der Waals surface area (Å²) in [4.78, 5) is 9.51. The van der Waals surface area contributed by atoms with Crippen molar-refractivity contribution < 1.29 is 0 Å². The van der Waals surface area contributed by atoms with E-state index in [0.29, 0.717) is 5.92 Å². The molecule has 0 amide bonds. The van der Waals surface area contributed by atoms with Gasteiger partial charge in [-0.05, 0) is 43.9 Å². The van der Waals surface area contributed by atoms with Crippen molar-refractivity contribution in [3.8, 4) is 5.69 Å². The van der Waals surface area contributed by atoms with Crippen molar-refractivity contribution in [1.82, 2.24) is 29.4 Å². The summed E-state index contributed by atoms with van der Waals surface area (Å²) in [7, 11) is 0. The molecule has 5 rings (SSSR count). The molecule has 6 nitrogen and oxygen atoms in total. The van der Waals surface area contributed by atoms with E-state index in [1.54, 1.807) is 10.8 Å². The first-order chi connectivity index (χ1) is 12.7. The number of hydrogen-bond acceptors (Lipinski definition) is 4. The number of aromatic nitrogens is 6. The Morgan fingerprint density at radius 2 is 1.88 bits per heavy atom. The van der Waals surface area contributed by atoms with E-state index >= 15 is 0 Å². The normalized spacial score (nSPS) is 15.9. The molecule has 0 unspecified atom stereocenters. The van der Waals surface area contributed by atoms with Crippen LogP contribution in [0.1, 0.15) is 55.0 Å². The predicted molar refractivity (Wildman–Crippen MR) is 101 cm³/mol. The molecule has 0 aliphatic heterocycles. The van der Waals surface area contributed by atoms with E-state index in [4.69, 9.17) is 10.1 Å². The second-order valence-corrected chi connectivity index (χ2v) is 7.40. The molecule has 0 N–H and O–H groups in total. The van der Waals surface area contributed by atoms with Crippen molar-refractivity contribution in [2.75, 3.05) is 0 Å². The molecule has 1 aliphatic rings. The van der Waals surface area contributed by atoms with Crippen molar-refractivity contribution in [1.29, 1.82) is 0 Å². The van der Waals surface area contributed by atoms with Gasteiger partial charge in [-0.15, -0.1) is 5.10 Å². The lowest BCUT2D eigenvalue weighted by Gasteiger charge is -2.17. The Hall–Kier alpha value is -2.76. The molecule has 1 fully saturated rings. The highest BCUT2D eigenvalue weighted by molar-refractivity contribution is 5.89. The molecule has 0 saturated heterocycles. The van der Waals surface area contributed by atoms with Crippen LogP contribution in [0.5, 0.6) is 0 Å². The molecule has 26 heavy (non-hydrogen) atoms. The van der Waals surface area contributed by atoms with Gasteiger partial charge in [-0.1, -0.05) is 31.4 Å². The lowest BCUT2D eigenvalue weighted by Crippen LogP contribution is -2.06. The highest BCUT2D eigenvalue weighted by Crippen LogP contribution is 2.31. The second-order valence-electron chi connectivity index (χ2n) is 7.40. The molecule has 132 valence electrons. The third-order valence-electron chi connectivity index (χ3n) is 5.48. The highest BCUT2D eigenvalue weighted by atomic mass is 15.3. The number of nitrogens with zero attached hydrogens (tertiary/aromatic N) is 6. The summed E-state index contributed by atoms with van der Waals surface area (Å²) in [6, 6.07) is 6.38. The largest absolute Gasteiger partial charge is 0.216 e. The second kappa shape index (κ2) is 5.90. The Kier molecular flexibility index (Phi) is 3.51. The maximum Gasteiger partial charge on any atom is 0.170 e. The van der Waals surface area contributed by atoms with Gasteiger partial charge in [0.05, 0.1) is 17.3 Å². The number of fused-ring (bicyclic) bond motifs is 3. The summed E-state index contributed by atoms with van der Waals surface area (Å²) in [5.41, 5.74) is 5.12.